The van der Waals surface area contributed by atoms with Crippen LogP contribution in [-0.2, 0) is 4.74 Å². The number of hydrogen-bond donors (Lipinski definition) is 0. The van der Waals surface area contributed by atoms with Crippen molar-refractivity contribution in [2.45, 2.75) is 46.1 Å². The van der Waals surface area contributed by atoms with Crippen molar-refractivity contribution in [2.24, 2.45) is 5.41 Å². The smallest absolute Gasteiger partial charge is 0.0618 e. The van der Waals surface area contributed by atoms with Gasteiger partial charge < -0.3 is 4.74 Å². The molecule has 0 N–H and O–H groups in total. The van der Waals surface area contributed by atoms with Crippen molar-refractivity contribution in [2.75, 3.05) is 26.8 Å². The third-order valence-electron chi connectivity index (χ3n) is 2.79. The fraction of sp³-hybridized carbons (Fsp3) is 1.00. The molecule has 14 heavy (non-hydrogen) atoms. The second kappa shape index (κ2) is 5.13. The lowest BCUT2D eigenvalue weighted by atomic mass is 9.93. The van der Waals surface area contributed by atoms with Crippen LogP contribution in [0.25, 0.3) is 0 Å². The SMILES string of the molecule is COCC1CCCCN1CC(C)(C)C. The van der Waals surface area contributed by atoms with E-state index < -0.39 is 0 Å². The first-order valence-corrected chi connectivity index (χ1v) is 5.76. The highest BCUT2D eigenvalue weighted by Crippen LogP contribution is 2.23. The summed E-state index contributed by atoms with van der Waals surface area (Å²) in [6.07, 6.45) is 4.04. The molecule has 1 rings (SSSR count). The number of nitrogens with zero attached hydrogens (tertiary/aromatic N) is 1. The summed E-state index contributed by atoms with van der Waals surface area (Å²) in [5, 5.41) is 0. The molecule has 1 fully saturated rings. The van der Waals surface area contributed by atoms with Crippen LogP contribution in [0, 0.1) is 5.41 Å². The number of piperidine rings is 1. The zero-order valence-corrected chi connectivity index (χ0v) is 10.2. The van der Waals surface area contributed by atoms with E-state index in [1.165, 1.54) is 32.4 Å². The largest absolute Gasteiger partial charge is 0.383 e. The minimum absolute atomic E-state index is 0.406. The Kier molecular flexibility index (Phi) is 4.39. The summed E-state index contributed by atoms with van der Waals surface area (Å²) < 4.78 is 5.28. The molecule has 0 aromatic heterocycles. The van der Waals surface area contributed by atoms with Crippen LogP contribution in [0.3, 0.4) is 0 Å². The molecule has 0 spiro atoms. The van der Waals surface area contributed by atoms with Crippen LogP contribution in [0.1, 0.15) is 40.0 Å². The van der Waals surface area contributed by atoms with Crippen molar-refractivity contribution in [3.8, 4) is 0 Å². The predicted octanol–water partition coefficient (Wildman–Crippen LogP) is 2.53. The van der Waals surface area contributed by atoms with Gasteiger partial charge in [0.1, 0.15) is 0 Å². The second-order valence-corrected chi connectivity index (χ2v) is 5.64. The fourth-order valence-electron chi connectivity index (χ4n) is 2.26. The van der Waals surface area contributed by atoms with Crippen LogP contribution in [0.2, 0.25) is 0 Å². The van der Waals surface area contributed by atoms with E-state index in [-0.39, 0.29) is 0 Å². The van der Waals surface area contributed by atoms with E-state index in [2.05, 4.69) is 25.7 Å². The first-order valence-electron chi connectivity index (χ1n) is 5.76. The summed E-state index contributed by atoms with van der Waals surface area (Å²) in [5.74, 6) is 0. The molecule has 1 heterocycles. The minimum atomic E-state index is 0.406. The maximum absolute atomic E-state index is 5.28. The van der Waals surface area contributed by atoms with Crippen LogP contribution in [0.15, 0.2) is 0 Å². The monoisotopic (exact) mass is 199 g/mol. The molecular formula is C12H25NO. The Balaban J connectivity index is 2.45. The van der Waals surface area contributed by atoms with Crippen molar-refractivity contribution in [1.82, 2.24) is 4.90 Å². The van der Waals surface area contributed by atoms with Crippen molar-refractivity contribution < 1.29 is 4.74 Å². The Morgan fingerprint density at radius 3 is 2.57 bits per heavy atom. The van der Waals surface area contributed by atoms with E-state index in [1.807, 2.05) is 7.11 Å². The number of likely N-dealkylation sites (tertiary alicyclic amines) is 1. The topological polar surface area (TPSA) is 12.5 Å². The fourth-order valence-corrected chi connectivity index (χ4v) is 2.26. The summed E-state index contributed by atoms with van der Waals surface area (Å²) in [6.45, 7) is 10.3. The number of methoxy groups -OCH3 is 1. The normalized spacial score (nSPS) is 25.3. The summed E-state index contributed by atoms with van der Waals surface area (Å²) in [5.41, 5.74) is 0.406. The van der Waals surface area contributed by atoms with Gasteiger partial charge in [0.05, 0.1) is 6.61 Å². The summed E-state index contributed by atoms with van der Waals surface area (Å²) in [4.78, 5) is 2.60. The van der Waals surface area contributed by atoms with Crippen LogP contribution in [0.4, 0.5) is 0 Å². The molecule has 1 atom stereocenters. The molecule has 0 aromatic carbocycles. The highest BCUT2D eigenvalue weighted by Gasteiger charge is 2.25. The van der Waals surface area contributed by atoms with Crippen LogP contribution >= 0.6 is 0 Å². The van der Waals surface area contributed by atoms with Crippen molar-refractivity contribution in [3.05, 3.63) is 0 Å². The van der Waals surface area contributed by atoms with Gasteiger partial charge in [-0.15, -0.1) is 0 Å². The molecule has 0 amide bonds. The Labute approximate surface area is 88.6 Å². The standard InChI is InChI=1S/C12H25NO/c1-12(2,3)10-13-8-6-5-7-11(13)9-14-4/h11H,5-10H2,1-4H3. The van der Waals surface area contributed by atoms with Crippen molar-refractivity contribution in [1.29, 1.82) is 0 Å². The van der Waals surface area contributed by atoms with Gasteiger partial charge in [-0.2, -0.15) is 0 Å². The molecule has 1 unspecified atom stereocenters. The molecule has 0 aliphatic carbocycles. The molecule has 0 saturated carbocycles. The van der Waals surface area contributed by atoms with Crippen molar-refractivity contribution >= 4 is 0 Å². The second-order valence-electron chi connectivity index (χ2n) is 5.64. The lowest BCUT2D eigenvalue weighted by Crippen LogP contribution is -2.46. The zero-order valence-electron chi connectivity index (χ0n) is 10.2. The number of rotatable bonds is 3. The van der Waals surface area contributed by atoms with Gasteiger partial charge in [0, 0.05) is 19.7 Å². The summed E-state index contributed by atoms with van der Waals surface area (Å²) in [6, 6.07) is 0.660. The lowest BCUT2D eigenvalue weighted by Gasteiger charge is -2.39. The Morgan fingerprint density at radius 2 is 2.00 bits per heavy atom. The highest BCUT2D eigenvalue weighted by atomic mass is 16.5. The number of ether oxygens (including phenoxy) is 1. The van der Waals surface area contributed by atoms with Crippen LogP contribution in [0.5, 0.6) is 0 Å². The highest BCUT2D eigenvalue weighted by molar-refractivity contribution is 4.80. The molecule has 1 aliphatic rings. The maximum atomic E-state index is 5.28. The molecule has 1 aliphatic heterocycles. The third kappa shape index (κ3) is 3.97. The molecule has 1 saturated heterocycles. The average Bonchev–Trinajstić information content (AvgIpc) is 2.06. The van der Waals surface area contributed by atoms with Gasteiger partial charge in [-0.25, -0.2) is 0 Å². The van der Waals surface area contributed by atoms with Gasteiger partial charge in [-0.3, -0.25) is 4.90 Å². The number of hydrogen-bond acceptors (Lipinski definition) is 2. The summed E-state index contributed by atoms with van der Waals surface area (Å²) in [7, 11) is 1.81. The molecule has 0 radical (unpaired) electrons. The molecule has 0 bridgehead atoms. The van der Waals surface area contributed by atoms with Crippen LogP contribution < -0.4 is 0 Å². The molecule has 0 aromatic rings. The van der Waals surface area contributed by atoms with Crippen molar-refractivity contribution in [3.63, 3.8) is 0 Å². The minimum Gasteiger partial charge on any atom is -0.383 e. The molecule has 84 valence electrons. The van der Waals surface area contributed by atoms with Gasteiger partial charge in [0.2, 0.25) is 0 Å². The van der Waals surface area contributed by atoms with E-state index in [0.29, 0.717) is 11.5 Å². The van der Waals surface area contributed by atoms with Gasteiger partial charge >= 0.3 is 0 Å². The first kappa shape index (κ1) is 12.0. The van der Waals surface area contributed by atoms with E-state index in [1.54, 1.807) is 0 Å². The third-order valence-corrected chi connectivity index (χ3v) is 2.79. The predicted molar refractivity (Wildman–Crippen MR) is 60.5 cm³/mol. The van der Waals surface area contributed by atoms with Gasteiger partial charge in [-0.05, 0) is 24.8 Å². The van der Waals surface area contributed by atoms with Gasteiger partial charge in [-0.1, -0.05) is 27.2 Å². The summed E-state index contributed by atoms with van der Waals surface area (Å²) >= 11 is 0. The molecule has 2 heteroatoms. The lowest BCUT2D eigenvalue weighted by molar-refractivity contribution is 0.0440. The van der Waals surface area contributed by atoms with E-state index in [4.69, 9.17) is 4.74 Å². The average molecular weight is 199 g/mol. The Bertz CT molecular complexity index is 160. The molecule has 2 nitrogen and oxygen atoms in total. The van der Waals surface area contributed by atoms with Gasteiger partial charge in [0.25, 0.3) is 0 Å². The van der Waals surface area contributed by atoms with E-state index in [0.717, 1.165) is 6.61 Å². The first-order chi connectivity index (χ1) is 6.53. The van der Waals surface area contributed by atoms with E-state index in [9.17, 15) is 0 Å². The quantitative estimate of drug-likeness (QED) is 0.692. The van der Waals surface area contributed by atoms with Crippen LogP contribution in [-0.4, -0.2) is 37.7 Å². The Morgan fingerprint density at radius 1 is 1.29 bits per heavy atom. The maximum Gasteiger partial charge on any atom is 0.0618 e. The Hall–Kier alpha value is -0.0800. The van der Waals surface area contributed by atoms with E-state index >= 15 is 0 Å². The van der Waals surface area contributed by atoms with Gasteiger partial charge in [0.15, 0.2) is 0 Å². The molecular weight excluding hydrogens is 174 g/mol. The zero-order chi connectivity index (χ0) is 10.6.